The van der Waals surface area contributed by atoms with Crippen LogP contribution in [0.1, 0.15) is 37.4 Å². The van der Waals surface area contributed by atoms with E-state index in [1.807, 2.05) is 0 Å². The van der Waals surface area contributed by atoms with Gasteiger partial charge >= 0.3 is 0 Å². The van der Waals surface area contributed by atoms with Gasteiger partial charge in [0.25, 0.3) is 0 Å². The largest absolute Gasteiger partial charge is 0.338 e. The quantitative estimate of drug-likeness (QED) is 0.634. The molecule has 0 aliphatic carbocycles. The predicted molar refractivity (Wildman–Crippen MR) is 90.6 cm³/mol. The zero-order valence-corrected chi connectivity index (χ0v) is 15.0. The Morgan fingerprint density at radius 1 is 1.35 bits per heavy atom. The van der Waals surface area contributed by atoms with E-state index in [0.29, 0.717) is 11.6 Å². The summed E-state index contributed by atoms with van der Waals surface area (Å²) in [5.74, 6) is 1.95. The summed E-state index contributed by atoms with van der Waals surface area (Å²) >= 11 is 3.34. The standard InChI is InChI=1S/C15H19N5OS2/c1-15(2,3)13-17-12(21-19-13)9-23-14-18-16-10-20(14)7-6-11-5-4-8-22-11/h4-5,8,10H,6-7,9H2,1-3H3. The van der Waals surface area contributed by atoms with Gasteiger partial charge in [0.05, 0.1) is 5.75 Å². The van der Waals surface area contributed by atoms with E-state index in [0.717, 1.165) is 23.9 Å². The summed E-state index contributed by atoms with van der Waals surface area (Å²) in [6, 6.07) is 4.22. The zero-order valence-electron chi connectivity index (χ0n) is 13.4. The van der Waals surface area contributed by atoms with E-state index in [2.05, 4.69) is 63.2 Å². The van der Waals surface area contributed by atoms with Crippen LogP contribution in [0.2, 0.25) is 0 Å². The highest BCUT2D eigenvalue weighted by Gasteiger charge is 2.21. The number of rotatable bonds is 6. The van der Waals surface area contributed by atoms with Crippen LogP contribution in [0.15, 0.2) is 33.5 Å². The van der Waals surface area contributed by atoms with Gasteiger partial charge in [-0.15, -0.1) is 21.5 Å². The molecule has 0 N–H and O–H groups in total. The number of aromatic nitrogens is 5. The minimum Gasteiger partial charge on any atom is -0.338 e. The van der Waals surface area contributed by atoms with Gasteiger partial charge in [-0.1, -0.05) is 43.8 Å². The summed E-state index contributed by atoms with van der Waals surface area (Å²) in [5, 5.41) is 15.2. The molecule has 3 rings (SSSR count). The molecule has 3 heterocycles. The Hall–Kier alpha value is -1.67. The molecule has 3 aromatic rings. The summed E-state index contributed by atoms with van der Waals surface area (Å²) in [4.78, 5) is 5.81. The topological polar surface area (TPSA) is 69.6 Å². The summed E-state index contributed by atoms with van der Waals surface area (Å²) < 4.78 is 7.37. The van der Waals surface area contributed by atoms with E-state index in [9.17, 15) is 0 Å². The Bertz CT molecular complexity index is 742. The molecule has 0 amide bonds. The normalized spacial score (nSPS) is 12.0. The van der Waals surface area contributed by atoms with E-state index >= 15 is 0 Å². The summed E-state index contributed by atoms with van der Waals surface area (Å²) in [6.07, 6.45) is 2.75. The van der Waals surface area contributed by atoms with Crippen molar-refractivity contribution in [2.45, 2.75) is 50.1 Å². The first-order valence-corrected chi connectivity index (χ1v) is 9.25. The lowest BCUT2D eigenvalue weighted by Crippen LogP contribution is -2.13. The second-order valence-corrected chi connectivity index (χ2v) is 8.16. The fourth-order valence-corrected chi connectivity index (χ4v) is 3.42. The van der Waals surface area contributed by atoms with Crippen LogP contribution in [-0.2, 0) is 24.1 Å². The highest BCUT2D eigenvalue weighted by Crippen LogP contribution is 2.23. The van der Waals surface area contributed by atoms with Crippen molar-refractivity contribution in [2.75, 3.05) is 0 Å². The first-order chi connectivity index (χ1) is 11.0. The van der Waals surface area contributed by atoms with Gasteiger partial charge in [-0.05, 0) is 17.9 Å². The SMILES string of the molecule is CC(C)(C)c1noc(CSc2nncn2CCc2cccs2)n1. The maximum atomic E-state index is 5.31. The van der Waals surface area contributed by atoms with Crippen molar-refractivity contribution in [3.63, 3.8) is 0 Å². The van der Waals surface area contributed by atoms with Crippen LogP contribution in [0.4, 0.5) is 0 Å². The maximum absolute atomic E-state index is 5.31. The summed E-state index contributed by atoms with van der Waals surface area (Å²) in [5.41, 5.74) is -0.104. The number of hydrogen-bond donors (Lipinski definition) is 0. The van der Waals surface area contributed by atoms with Crippen molar-refractivity contribution in [2.24, 2.45) is 0 Å². The lowest BCUT2D eigenvalue weighted by molar-refractivity contribution is 0.372. The molecule has 0 aromatic carbocycles. The Kier molecular flexibility index (Phi) is 4.82. The van der Waals surface area contributed by atoms with Crippen LogP contribution < -0.4 is 0 Å². The van der Waals surface area contributed by atoms with Gasteiger partial charge in [0, 0.05) is 16.8 Å². The van der Waals surface area contributed by atoms with Gasteiger partial charge < -0.3 is 9.09 Å². The van der Waals surface area contributed by atoms with Crippen LogP contribution in [0.25, 0.3) is 0 Å². The first kappa shape index (κ1) is 16.2. The van der Waals surface area contributed by atoms with E-state index < -0.39 is 0 Å². The fraction of sp³-hybridized carbons (Fsp3) is 0.467. The van der Waals surface area contributed by atoms with E-state index in [1.54, 1.807) is 29.4 Å². The average molecular weight is 349 g/mol. The number of thioether (sulfide) groups is 1. The maximum Gasteiger partial charge on any atom is 0.237 e. The minimum absolute atomic E-state index is 0.104. The highest BCUT2D eigenvalue weighted by atomic mass is 32.2. The third kappa shape index (κ3) is 4.20. The molecular weight excluding hydrogens is 330 g/mol. The van der Waals surface area contributed by atoms with Gasteiger partial charge in [0.15, 0.2) is 11.0 Å². The molecule has 0 spiro atoms. The predicted octanol–water partition coefficient (Wildman–Crippen LogP) is 3.56. The van der Waals surface area contributed by atoms with Gasteiger partial charge in [0.1, 0.15) is 6.33 Å². The molecule has 3 aromatic heterocycles. The third-order valence-corrected chi connectivity index (χ3v) is 5.12. The van der Waals surface area contributed by atoms with Crippen molar-refractivity contribution in [1.29, 1.82) is 0 Å². The molecule has 0 saturated heterocycles. The Balaban J connectivity index is 1.58. The second kappa shape index (κ2) is 6.84. The molecule has 0 unspecified atom stereocenters. The van der Waals surface area contributed by atoms with Crippen molar-refractivity contribution >= 4 is 23.1 Å². The molecular formula is C15H19N5OS2. The van der Waals surface area contributed by atoms with E-state index in [-0.39, 0.29) is 5.41 Å². The molecule has 8 heteroatoms. The molecule has 0 bridgehead atoms. The smallest absolute Gasteiger partial charge is 0.237 e. The monoisotopic (exact) mass is 349 g/mol. The minimum atomic E-state index is -0.104. The number of nitrogens with zero attached hydrogens (tertiary/aromatic N) is 5. The van der Waals surface area contributed by atoms with Crippen molar-refractivity contribution < 1.29 is 4.52 Å². The summed E-state index contributed by atoms with van der Waals surface area (Å²) in [7, 11) is 0. The second-order valence-electron chi connectivity index (χ2n) is 6.19. The number of thiophene rings is 1. The number of hydrogen-bond acceptors (Lipinski definition) is 7. The first-order valence-electron chi connectivity index (χ1n) is 7.38. The Labute approximate surface area is 143 Å². The molecule has 0 aliphatic heterocycles. The summed E-state index contributed by atoms with van der Waals surface area (Å²) in [6.45, 7) is 7.06. The van der Waals surface area contributed by atoms with Gasteiger partial charge in [-0.2, -0.15) is 4.98 Å². The van der Waals surface area contributed by atoms with E-state index in [1.165, 1.54) is 4.88 Å². The lowest BCUT2D eigenvalue weighted by atomic mass is 9.96. The number of aryl methyl sites for hydroxylation is 2. The van der Waals surface area contributed by atoms with Gasteiger partial charge in [-0.25, -0.2) is 0 Å². The van der Waals surface area contributed by atoms with Crippen molar-refractivity contribution in [3.05, 3.63) is 40.4 Å². The Morgan fingerprint density at radius 2 is 2.22 bits per heavy atom. The van der Waals surface area contributed by atoms with Gasteiger partial charge in [-0.3, -0.25) is 0 Å². The Morgan fingerprint density at radius 3 is 2.91 bits per heavy atom. The molecule has 6 nitrogen and oxygen atoms in total. The molecule has 0 fully saturated rings. The fourth-order valence-electron chi connectivity index (χ4n) is 1.94. The average Bonchev–Trinajstić information content (AvgIpc) is 3.23. The van der Waals surface area contributed by atoms with Crippen LogP contribution >= 0.6 is 23.1 Å². The van der Waals surface area contributed by atoms with Crippen molar-refractivity contribution in [1.82, 2.24) is 24.9 Å². The molecule has 0 radical (unpaired) electrons. The van der Waals surface area contributed by atoms with Crippen LogP contribution in [-0.4, -0.2) is 24.9 Å². The molecule has 23 heavy (non-hydrogen) atoms. The zero-order chi connectivity index (χ0) is 16.3. The molecule has 0 aliphatic rings. The van der Waals surface area contributed by atoms with Crippen LogP contribution in [0.5, 0.6) is 0 Å². The highest BCUT2D eigenvalue weighted by molar-refractivity contribution is 7.98. The van der Waals surface area contributed by atoms with Crippen molar-refractivity contribution in [3.8, 4) is 0 Å². The third-order valence-electron chi connectivity index (χ3n) is 3.22. The van der Waals surface area contributed by atoms with E-state index in [4.69, 9.17) is 4.52 Å². The van der Waals surface area contributed by atoms with Gasteiger partial charge in [0.2, 0.25) is 5.89 Å². The van der Waals surface area contributed by atoms with Crippen LogP contribution in [0.3, 0.4) is 0 Å². The van der Waals surface area contributed by atoms with Crippen LogP contribution in [0, 0.1) is 0 Å². The molecule has 122 valence electrons. The molecule has 0 saturated carbocycles. The molecule has 0 atom stereocenters. The lowest BCUT2D eigenvalue weighted by Gasteiger charge is -2.10.